The van der Waals surface area contributed by atoms with Crippen molar-refractivity contribution < 1.29 is 9.90 Å². The molecule has 1 saturated carbocycles. The largest absolute Gasteiger partial charge is 0.508 e. The molecule has 19 heavy (non-hydrogen) atoms. The highest BCUT2D eigenvalue weighted by Gasteiger charge is 2.38. The van der Waals surface area contributed by atoms with Crippen molar-refractivity contribution in [3.05, 3.63) is 27.7 Å². The summed E-state index contributed by atoms with van der Waals surface area (Å²) in [6.45, 7) is 4.15. The van der Waals surface area contributed by atoms with Crippen molar-refractivity contribution in [2.45, 2.75) is 51.0 Å². The van der Waals surface area contributed by atoms with E-state index in [1.54, 1.807) is 12.1 Å². The van der Waals surface area contributed by atoms with Crippen molar-refractivity contribution in [1.29, 1.82) is 0 Å². The maximum Gasteiger partial charge on any atom is 0.235 e. The van der Waals surface area contributed by atoms with Crippen LogP contribution in [-0.2, 0) is 10.3 Å². The Hall–Kier alpha value is -1.12. The van der Waals surface area contributed by atoms with Crippen molar-refractivity contribution in [2.24, 2.45) is 4.99 Å². The second-order valence-electron chi connectivity index (χ2n) is 5.49. The Morgan fingerprint density at radius 2 is 2.00 bits per heavy atom. The van der Waals surface area contributed by atoms with Gasteiger partial charge >= 0.3 is 0 Å². The minimum atomic E-state index is -0.580. The Kier molecular flexibility index (Phi) is 4.12. The van der Waals surface area contributed by atoms with E-state index in [2.05, 4.69) is 34.8 Å². The van der Waals surface area contributed by atoms with Crippen LogP contribution < -0.4 is 0 Å². The molecule has 0 radical (unpaired) electrons. The van der Waals surface area contributed by atoms with Gasteiger partial charge in [-0.25, -0.2) is 4.79 Å². The third-order valence-electron chi connectivity index (χ3n) is 3.93. The summed E-state index contributed by atoms with van der Waals surface area (Å²) in [4.78, 5) is 14.7. The summed E-state index contributed by atoms with van der Waals surface area (Å²) >= 11 is 3.55. The fourth-order valence-corrected chi connectivity index (χ4v) is 3.68. The number of carbonyl (C=O) groups excluding carboxylic acids is 1. The van der Waals surface area contributed by atoms with Crippen molar-refractivity contribution in [2.75, 3.05) is 0 Å². The van der Waals surface area contributed by atoms with E-state index in [4.69, 9.17) is 0 Å². The van der Waals surface area contributed by atoms with Crippen molar-refractivity contribution >= 4 is 22.0 Å². The van der Waals surface area contributed by atoms with Crippen LogP contribution in [0.5, 0.6) is 5.75 Å². The van der Waals surface area contributed by atoms with Gasteiger partial charge < -0.3 is 5.11 Å². The summed E-state index contributed by atoms with van der Waals surface area (Å²) in [7, 11) is 0. The highest BCUT2D eigenvalue weighted by molar-refractivity contribution is 9.10. The maximum absolute atomic E-state index is 10.7. The van der Waals surface area contributed by atoms with Crippen LogP contribution in [0.15, 0.2) is 21.6 Å². The molecular weight excluding hydrogens is 306 g/mol. The number of aliphatic imine (C=N–C) groups is 1. The molecule has 0 spiro atoms. The SMILES string of the molecule is CC(C)c1cc(O)c(C2(N=C=O)CCCC2)cc1Br. The lowest BCUT2D eigenvalue weighted by Gasteiger charge is -2.25. The lowest BCUT2D eigenvalue weighted by molar-refractivity contribution is 0.407. The first kappa shape index (κ1) is 14.3. The van der Waals surface area contributed by atoms with Gasteiger partial charge in [-0.3, -0.25) is 0 Å². The zero-order valence-electron chi connectivity index (χ0n) is 11.2. The van der Waals surface area contributed by atoms with Gasteiger partial charge in [0.1, 0.15) is 11.3 Å². The van der Waals surface area contributed by atoms with Crippen molar-refractivity contribution in [3.63, 3.8) is 0 Å². The third kappa shape index (κ3) is 2.60. The molecule has 0 bridgehead atoms. The molecule has 0 amide bonds. The van der Waals surface area contributed by atoms with Gasteiger partial charge in [-0.15, -0.1) is 0 Å². The Labute approximate surface area is 121 Å². The number of aromatic hydroxyl groups is 1. The van der Waals surface area contributed by atoms with Crippen LogP contribution in [0, 0.1) is 0 Å². The Bertz CT molecular complexity index is 527. The minimum Gasteiger partial charge on any atom is -0.508 e. The number of isocyanates is 1. The van der Waals surface area contributed by atoms with E-state index in [1.807, 2.05) is 6.07 Å². The quantitative estimate of drug-likeness (QED) is 0.662. The Balaban J connectivity index is 2.56. The number of hydrogen-bond donors (Lipinski definition) is 1. The standard InChI is InChI=1S/C15H18BrNO2/c1-10(2)11-7-14(19)12(8-13(11)16)15(17-9-18)5-3-4-6-15/h7-8,10,19H,3-6H2,1-2H3. The lowest BCUT2D eigenvalue weighted by Crippen LogP contribution is -2.19. The molecule has 4 heteroatoms. The van der Waals surface area contributed by atoms with E-state index in [9.17, 15) is 9.90 Å². The van der Waals surface area contributed by atoms with Gasteiger partial charge in [-0.1, -0.05) is 42.6 Å². The molecule has 0 heterocycles. The van der Waals surface area contributed by atoms with E-state index in [-0.39, 0.29) is 5.75 Å². The zero-order valence-corrected chi connectivity index (χ0v) is 12.8. The number of rotatable bonds is 3. The number of benzene rings is 1. The molecule has 2 rings (SSSR count). The van der Waals surface area contributed by atoms with E-state index in [0.29, 0.717) is 5.92 Å². The second kappa shape index (κ2) is 5.48. The van der Waals surface area contributed by atoms with E-state index >= 15 is 0 Å². The van der Waals surface area contributed by atoms with Gasteiger partial charge in [-0.05, 0) is 36.5 Å². The monoisotopic (exact) mass is 323 g/mol. The van der Waals surface area contributed by atoms with Gasteiger partial charge in [0.05, 0.1) is 0 Å². The number of halogens is 1. The molecule has 102 valence electrons. The summed E-state index contributed by atoms with van der Waals surface area (Å²) in [5, 5.41) is 10.3. The summed E-state index contributed by atoms with van der Waals surface area (Å²) < 4.78 is 0.961. The highest BCUT2D eigenvalue weighted by atomic mass is 79.9. The molecular formula is C15H18BrNO2. The van der Waals surface area contributed by atoms with E-state index in [1.165, 1.54) is 0 Å². The zero-order chi connectivity index (χ0) is 14.0. The average molecular weight is 324 g/mol. The minimum absolute atomic E-state index is 0.229. The van der Waals surface area contributed by atoms with Crippen LogP contribution in [-0.4, -0.2) is 11.2 Å². The molecule has 0 saturated heterocycles. The van der Waals surface area contributed by atoms with E-state index in [0.717, 1.165) is 41.3 Å². The molecule has 0 aliphatic heterocycles. The first-order valence-electron chi connectivity index (χ1n) is 6.62. The number of nitrogens with zero attached hydrogens (tertiary/aromatic N) is 1. The maximum atomic E-state index is 10.7. The summed E-state index contributed by atoms with van der Waals surface area (Å²) in [5.41, 5.74) is 1.22. The van der Waals surface area contributed by atoms with Gasteiger partial charge in [0.15, 0.2) is 0 Å². The van der Waals surface area contributed by atoms with Gasteiger partial charge in [0.2, 0.25) is 6.08 Å². The highest BCUT2D eigenvalue weighted by Crippen LogP contribution is 2.47. The normalized spacial score (nSPS) is 17.5. The van der Waals surface area contributed by atoms with Gasteiger partial charge in [0, 0.05) is 10.0 Å². The second-order valence-corrected chi connectivity index (χ2v) is 6.34. The summed E-state index contributed by atoms with van der Waals surface area (Å²) in [6.07, 6.45) is 5.32. The smallest absolute Gasteiger partial charge is 0.235 e. The first-order valence-corrected chi connectivity index (χ1v) is 7.41. The molecule has 0 aromatic heterocycles. The Morgan fingerprint density at radius 3 is 2.53 bits per heavy atom. The summed E-state index contributed by atoms with van der Waals surface area (Å²) in [6, 6.07) is 3.70. The van der Waals surface area contributed by atoms with Gasteiger partial charge in [0.25, 0.3) is 0 Å². The fraction of sp³-hybridized carbons (Fsp3) is 0.533. The Morgan fingerprint density at radius 1 is 1.37 bits per heavy atom. The fourth-order valence-electron chi connectivity index (χ4n) is 2.88. The topological polar surface area (TPSA) is 49.7 Å². The first-order chi connectivity index (χ1) is 9.00. The lowest BCUT2D eigenvalue weighted by atomic mass is 9.86. The van der Waals surface area contributed by atoms with Crippen molar-refractivity contribution in [3.8, 4) is 5.75 Å². The van der Waals surface area contributed by atoms with Crippen LogP contribution in [0.25, 0.3) is 0 Å². The molecule has 1 fully saturated rings. The molecule has 1 N–H and O–H groups in total. The van der Waals surface area contributed by atoms with Crippen LogP contribution in [0.2, 0.25) is 0 Å². The van der Waals surface area contributed by atoms with Crippen molar-refractivity contribution in [1.82, 2.24) is 0 Å². The van der Waals surface area contributed by atoms with Crippen LogP contribution in [0.3, 0.4) is 0 Å². The molecule has 0 atom stereocenters. The summed E-state index contributed by atoms with van der Waals surface area (Å²) in [5.74, 6) is 0.552. The predicted molar refractivity (Wildman–Crippen MR) is 78.2 cm³/mol. The molecule has 1 aromatic carbocycles. The molecule has 0 unspecified atom stereocenters. The molecule has 3 nitrogen and oxygen atoms in total. The van der Waals surface area contributed by atoms with Crippen LogP contribution in [0.1, 0.15) is 56.6 Å². The molecule has 1 aromatic rings. The number of phenols is 1. The molecule has 1 aliphatic carbocycles. The molecule has 1 aliphatic rings. The predicted octanol–water partition coefficient (Wildman–Crippen LogP) is 4.38. The van der Waals surface area contributed by atoms with Crippen LogP contribution >= 0.6 is 15.9 Å². The number of phenolic OH excluding ortho intramolecular Hbond substituents is 1. The van der Waals surface area contributed by atoms with Gasteiger partial charge in [-0.2, -0.15) is 4.99 Å². The third-order valence-corrected chi connectivity index (χ3v) is 4.62. The van der Waals surface area contributed by atoms with E-state index < -0.39 is 5.54 Å². The number of hydrogen-bond acceptors (Lipinski definition) is 3. The average Bonchev–Trinajstić information content (AvgIpc) is 2.81. The van der Waals surface area contributed by atoms with Crippen LogP contribution in [0.4, 0.5) is 0 Å².